The second-order valence-electron chi connectivity index (χ2n) is 5.02. The Kier molecular flexibility index (Phi) is 6.08. The molecule has 0 fully saturated rings. The van der Waals surface area contributed by atoms with E-state index in [1.54, 1.807) is 17.5 Å². The highest BCUT2D eigenvalue weighted by Crippen LogP contribution is 2.22. The van der Waals surface area contributed by atoms with Crippen LogP contribution >= 0.6 is 11.3 Å². The molecule has 1 aromatic heterocycles. The van der Waals surface area contributed by atoms with Crippen LogP contribution in [0.3, 0.4) is 0 Å². The van der Waals surface area contributed by atoms with Gasteiger partial charge in [-0.15, -0.1) is 11.3 Å². The van der Waals surface area contributed by atoms with Gasteiger partial charge in [0.05, 0.1) is 4.88 Å². The van der Waals surface area contributed by atoms with Crippen molar-refractivity contribution < 1.29 is 23.9 Å². The van der Waals surface area contributed by atoms with Gasteiger partial charge in [0.25, 0.3) is 11.8 Å². The molecule has 1 heterocycles. The molecule has 0 aliphatic carbocycles. The van der Waals surface area contributed by atoms with Crippen LogP contribution in [-0.2, 0) is 14.3 Å². The van der Waals surface area contributed by atoms with Crippen LogP contribution in [0.25, 0.3) is 0 Å². The van der Waals surface area contributed by atoms with Crippen LogP contribution in [0, 0.1) is 13.8 Å². The van der Waals surface area contributed by atoms with Crippen LogP contribution in [0.5, 0.6) is 5.75 Å². The summed E-state index contributed by atoms with van der Waals surface area (Å²) < 4.78 is 10.2. The van der Waals surface area contributed by atoms with Crippen LogP contribution in [0.15, 0.2) is 35.7 Å². The number of carbonyl (C=O) groups is 3. The standard InChI is InChI=1S/C17H17NO5S/c1-11-5-3-6-12(2)16(11)23-10-15(20)22-9-14(19)18-17(21)13-7-4-8-24-13/h3-8H,9-10H2,1-2H3,(H,18,19,21). The molecule has 0 aliphatic rings. The highest BCUT2D eigenvalue weighted by atomic mass is 32.1. The Morgan fingerprint density at radius 1 is 1.04 bits per heavy atom. The number of ether oxygens (including phenoxy) is 2. The lowest BCUT2D eigenvalue weighted by Gasteiger charge is -2.11. The number of rotatable bonds is 6. The first-order valence-electron chi connectivity index (χ1n) is 7.19. The first-order valence-corrected chi connectivity index (χ1v) is 8.07. The van der Waals surface area contributed by atoms with Gasteiger partial charge in [0.15, 0.2) is 13.2 Å². The van der Waals surface area contributed by atoms with Crippen LogP contribution in [0.2, 0.25) is 0 Å². The first kappa shape index (κ1) is 17.7. The van der Waals surface area contributed by atoms with Gasteiger partial charge in [-0.3, -0.25) is 14.9 Å². The summed E-state index contributed by atoms with van der Waals surface area (Å²) in [5.41, 5.74) is 1.81. The van der Waals surface area contributed by atoms with Crippen LogP contribution in [0.4, 0.5) is 0 Å². The lowest BCUT2D eigenvalue weighted by Crippen LogP contribution is -2.34. The fourth-order valence-corrected chi connectivity index (χ4v) is 2.60. The molecule has 24 heavy (non-hydrogen) atoms. The summed E-state index contributed by atoms with van der Waals surface area (Å²) in [6.45, 7) is 2.90. The third-order valence-corrected chi connectivity index (χ3v) is 3.97. The van der Waals surface area contributed by atoms with E-state index in [0.29, 0.717) is 10.6 Å². The maximum atomic E-state index is 11.7. The molecule has 7 heteroatoms. The molecule has 0 saturated carbocycles. The number of imide groups is 1. The van der Waals surface area contributed by atoms with Gasteiger partial charge in [-0.25, -0.2) is 4.79 Å². The zero-order valence-electron chi connectivity index (χ0n) is 13.3. The highest BCUT2D eigenvalue weighted by Gasteiger charge is 2.14. The molecule has 2 rings (SSSR count). The van der Waals surface area contributed by atoms with Gasteiger partial charge in [0.2, 0.25) is 0 Å². The molecule has 0 atom stereocenters. The number of amides is 2. The fraction of sp³-hybridized carbons (Fsp3) is 0.235. The number of hydrogen-bond acceptors (Lipinski definition) is 6. The Labute approximate surface area is 143 Å². The molecular formula is C17H17NO5S. The molecule has 0 spiro atoms. The smallest absolute Gasteiger partial charge is 0.344 e. The summed E-state index contributed by atoms with van der Waals surface area (Å²) in [5.74, 6) is -1.27. The summed E-state index contributed by atoms with van der Waals surface area (Å²) in [7, 11) is 0. The lowest BCUT2D eigenvalue weighted by atomic mass is 10.1. The topological polar surface area (TPSA) is 81.7 Å². The van der Waals surface area contributed by atoms with Crippen LogP contribution in [0.1, 0.15) is 20.8 Å². The highest BCUT2D eigenvalue weighted by molar-refractivity contribution is 7.12. The monoisotopic (exact) mass is 347 g/mol. The maximum Gasteiger partial charge on any atom is 0.344 e. The summed E-state index contributed by atoms with van der Waals surface area (Å²) in [6.07, 6.45) is 0. The van der Waals surface area contributed by atoms with E-state index in [1.807, 2.05) is 32.0 Å². The van der Waals surface area contributed by atoms with E-state index in [-0.39, 0.29) is 6.61 Å². The number of nitrogens with one attached hydrogen (secondary N) is 1. The van der Waals surface area contributed by atoms with Crippen LogP contribution < -0.4 is 10.1 Å². The summed E-state index contributed by atoms with van der Waals surface area (Å²) in [6, 6.07) is 8.94. The van der Waals surface area contributed by atoms with Crippen molar-refractivity contribution >= 4 is 29.1 Å². The average Bonchev–Trinajstić information content (AvgIpc) is 3.07. The molecule has 126 valence electrons. The van der Waals surface area contributed by atoms with Crippen molar-refractivity contribution in [2.24, 2.45) is 0 Å². The van der Waals surface area contributed by atoms with E-state index in [2.05, 4.69) is 5.32 Å². The van der Waals surface area contributed by atoms with E-state index < -0.39 is 24.4 Å². The molecule has 0 saturated heterocycles. The normalized spacial score (nSPS) is 10.1. The molecule has 1 N–H and O–H groups in total. The third kappa shape index (κ3) is 4.92. The zero-order chi connectivity index (χ0) is 17.5. The molecule has 2 amide bonds. The Morgan fingerprint density at radius 3 is 2.38 bits per heavy atom. The molecule has 2 aromatic rings. The van der Waals surface area contributed by atoms with Gasteiger partial charge in [-0.1, -0.05) is 24.3 Å². The quantitative estimate of drug-likeness (QED) is 0.811. The summed E-state index contributed by atoms with van der Waals surface area (Å²) >= 11 is 1.21. The predicted molar refractivity (Wildman–Crippen MR) is 89.2 cm³/mol. The molecule has 0 aliphatic heterocycles. The average molecular weight is 347 g/mol. The van der Waals surface area contributed by atoms with E-state index in [4.69, 9.17) is 9.47 Å². The van der Waals surface area contributed by atoms with Crippen molar-refractivity contribution in [1.82, 2.24) is 5.32 Å². The minimum atomic E-state index is -0.686. The van der Waals surface area contributed by atoms with Gasteiger partial charge >= 0.3 is 5.97 Å². The number of carbonyl (C=O) groups excluding carboxylic acids is 3. The van der Waals surface area contributed by atoms with Crippen molar-refractivity contribution in [3.05, 3.63) is 51.7 Å². The van der Waals surface area contributed by atoms with E-state index in [9.17, 15) is 14.4 Å². The third-order valence-electron chi connectivity index (χ3n) is 3.11. The molecule has 0 bridgehead atoms. The molecule has 6 nitrogen and oxygen atoms in total. The Hall–Kier alpha value is -2.67. The SMILES string of the molecule is Cc1cccc(C)c1OCC(=O)OCC(=O)NC(=O)c1cccs1. The minimum absolute atomic E-state index is 0.308. The van der Waals surface area contributed by atoms with Gasteiger partial charge in [-0.05, 0) is 36.4 Å². The van der Waals surface area contributed by atoms with E-state index >= 15 is 0 Å². The number of para-hydroxylation sites is 1. The molecular weight excluding hydrogens is 330 g/mol. The van der Waals surface area contributed by atoms with Crippen LogP contribution in [-0.4, -0.2) is 31.0 Å². The number of aryl methyl sites for hydroxylation is 2. The second-order valence-corrected chi connectivity index (χ2v) is 5.97. The number of esters is 1. The lowest BCUT2D eigenvalue weighted by molar-refractivity contribution is -0.150. The summed E-state index contributed by atoms with van der Waals surface area (Å²) in [5, 5.41) is 3.87. The predicted octanol–water partition coefficient (Wildman–Crippen LogP) is 2.24. The van der Waals surface area contributed by atoms with Gasteiger partial charge in [0.1, 0.15) is 5.75 Å². The molecule has 0 unspecified atom stereocenters. The summed E-state index contributed by atoms with van der Waals surface area (Å²) in [4.78, 5) is 35.3. The minimum Gasteiger partial charge on any atom is -0.481 e. The maximum absolute atomic E-state index is 11.7. The fourth-order valence-electron chi connectivity index (χ4n) is 1.98. The van der Waals surface area contributed by atoms with E-state index in [1.165, 1.54) is 11.3 Å². The van der Waals surface area contributed by atoms with Crippen molar-refractivity contribution in [1.29, 1.82) is 0 Å². The Morgan fingerprint density at radius 2 is 1.75 bits per heavy atom. The van der Waals surface area contributed by atoms with Gasteiger partial charge in [-0.2, -0.15) is 0 Å². The largest absolute Gasteiger partial charge is 0.481 e. The van der Waals surface area contributed by atoms with Gasteiger partial charge < -0.3 is 9.47 Å². The number of hydrogen-bond donors (Lipinski definition) is 1. The van der Waals surface area contributed by atoms with Crippen molar-refractivity contribution in [2.45, 2.75) is 13.8 Å². The van der Waals surface area contributed by atoms with Crippen molar-refractivity contribution in [2.75, 3.05) is 13.2 Å². The Balaban J connectivity index is 1.75. The molecule has 0 radical (unpaired) electrons. The zero-order valence-corrected chi connectivity index (χ0v) is 14.1. The Bertz CT molecular complexity index is 719. The molecule has 1 aromatic carbocycles. The van der Waals surface area contributed by atoms with E-state index in [0.717, 1.165) is 11.1 Å². The van der Waals surface area contributed by atoms with Gasteiger partial charge in [0, 0.05) is 0 Å². The van der Waals surface area contributed by atoms with Crippen molar-refractivity contribution in [3.8, 4) is 5.75 Å². The first-order chi connectivity index (χ1) is 11.5. The second kappa shape index (κ2) is 8.26. The number of benzene rings is 1. The number of thiophene rings is 1. The van der Waals surface area contributed by atoms with Crippen molar-refractivity contribution in [3.63, 3.8) is 0 Å².